The second-order valence-electron chi connectivity index (χ2n) is 4.98. The fourth-order valence-electron chi connectivity index (χ4n) is 2.43. The summed E-state index contributed by atoms with van der Waals surface area (Å²) in [6.07, 6.45) is 0.892. The number of aromatic nitrogens is 1. The van der Waals surface area contributed by atoms with Gasteiger partial charge in [0.25, 0.3) is 0 Å². The molecule has 0 spiro atoms. The molecular weight excluding hydrogens is 352 g/mol. The molecule has 0 unspecified atom stereocenters. The Hall–Kier alpha value is -0.0300. The summed E-state index contributed by atoms with van der Waals surface area (Å²) in [5, 5.41) is 4.30. The molecule has 0 radical (unpaired) electrons. The monoisotopic (exact) mass is 371 g/mol. The maximum Gasteiger partial charge on any atom is 0.135 e. The summed E-state index contributed by atoms with van der Waals surface area (Å²) in [4.78, 5) is 6.59. The molecule has 0 aliphatic carbocycles. The lowest BCUT2D eigenvalue weighted by Crippen LogP contribution is -2.45. The standard InChI is InChI=1S/C14H19Cl2N3.2ClH/c1-10(2)9-12(19-7-5-17-6-8-19)11-3-4-13(15)18-14(11)16;;/h3-4,12,17H,1,5-9H2,2H3;2*1H/t12-;;/m0../s1. The van der Waals surface area contributed by atoms with Gasteiger partial charge in [0.1, 0.15) is 10.3 Å². The number of piperazine rings is 1. The molecule has 0 amide bonds. The highest BCUT2D eigenvalue weighted by Gasteiger charge is 2.24. The van der Waals surface area contributed by atoms with Crippen LogP contribution < -0.4 is 5.32 Å². The first-order valence-corrected chi connectivity index (χ1v) is 7.24. The maximum absolute atomic E-state index is 6.26. The second kappa shape index (κ2) is 9.88. The number of halogens is 4. The molecule has 21 heavy (non-hydrogen) atoms. The van der Waals surface area contributed by atoms with Crippen LogP contribution in [0.1, 0.15) is 24.9 Å². The molecule has 1 aromatic heterocycles. The SMILES string of the molecule is C=C(C)C[C@@H](c1ccc(Cl)nc1Cl)N1CCNCC1.Cl.Cl. The van der Waals surface area contributed by atoms with E-state index in [0.29, 0.717) is 10.3 Å². The summed E-state index contributed by atoms with van der Waals surface area (Å²) in [5.74, 6) is 0. The number of hydrogen-bond acceptors (Lipinski definition) is 3. The van der Waals surface area contributed by atoms with Crippen molar-refractivity contribution in [2.24, 2.45) is 0 Å². The zero-order valence-electron chi connectivity index (χ0n) is 11.9. The lowest BCUT2D eigenvalue weighted by atomic mass is 9.99. The minimum atomic E-state index is 0. The van der Waals surface area contributed by atoms with Gasteiger partial charge in [-0.25, -0.2) is 4.98 Å². The van der Waals surface area contributed by atoms with E-state index in [1.165, 1.54) is 0 Å². The molecule has 1 aliphatic heterocycles. The Morgan fingerprint density at radius 3 is 2.48 bits per heavy atom. The Kier molecular flexibility index (Phi) is 9.87. The number of nitrogens with one attached hydrogen (secondary N) is 1. The average Bonchev–Trinajstić information content (AvgIpc) is 2.37. The molecule has 0 aromatic carbocycles. The van der Waals surface area contributed by atoms with Gasteiger partial charge in [0.2, 0.25) is 0 Å². The molecule has 0 saturated carbocycles. The number of pyridine rings is 1. The average molecular weight is 373 g/mol. The highest BCUT2D eigenvalue weighted by Crippen LogP contribution is 2.32. The van der Waals surface area contributed by atoms with Crippen LogP contribution in [0.15, 0.2) is 24.3 Å². The van der Waals surface area contributed by atoms with Crippen molar-refractivity contribution in [2.75, 3.05) is 26.2 Å². The van der Waals surface area contributed by atoms with Crippen LogP contribution in [0, 0.1) is 0 Å². The molecule has 1 aromatic rings. The van der Waals surface area contributed by atoms with E-state index in [1.807, 2.05) is 13.0 Å². The van der Waals surface area contributed by atoms with Crippen LogP contribution in [0.5, 0.6) is 0 Å². The quantitative estimate of drug-likeness (QED) is 0.635. The van der Waals surface area contributed by atoms with Gasteiger partial charge in [-0.1, -0.05) is 34.8 Å². The molecule has 1 saturated heterocycles. The third-order valence-corrected chi connectivity index (χ3v) is 3.85. The summed E-state index contributed by atoms with van der Waals surface area (Å²) < 4.78 is 0. The number of rotatable bonds is 4. The molecule has 0 bridgehead atoms. The lowest BCUT2D eigenvalue weighted by Gasteiger charge is -2.35. The Balaban J connectivity index is 0.00000200. The smallest absolute Gasteiger partial charge is 0.135 e. The van der Waals surface area contributed by atoms with Crippen molar-refractivity contribution < 1.29 is 0 Å². The van der Waals surface area contributed by atoms with Gasteiger partial charge in [0.05, 0.1) is 0 Å². The fourth-order valence-corrected chi connectivity index (χ4v) is 2.90. The predicted octanol–water partition coefficient (Wildman–Crippen LogP) is 4.14. The zero-order valence-corrected chi connectivity index (χ0v) is 15.1. The molecule has 1 fully saturated rings. The van der Waals surface area contributed by atoms with Gasteiger partial charge in [-0.3, -0.25) is 4.90 Å². The van der Waals surface area contributed by atoms with Crippen molar-refractivity contribution in [3.63, 3.8) is 0 Å². The zero-order chi connectivity index (χ0) is 13.8. The molecule has 1 aliphatic rings. The van der Waals surface area contributed by atoms with Crippen molar-refractivity contribution in [3.05, 3.63) is 40.2 Å². The van der Waals surface area contributed by atoms with Crippen molar-refractivity contribution in [1.82, 2.24) is 15.2 Å². The predicted molar refractivity (Wildman–Crippen MR) is 95.4 cm³/mol. The van der Waals surface area contributed by atoms with Crippen LogP contribution in [0.3, 0.4) is 0 Å². The van der Waals surface area contributed by atoms with E-state index in [4.69, 9.17) is 23.2 Å². The third kappa shape index (κ3) is 5.93. The first-order valence-electron chi connectivity index (χ1n) is 6.49. The van der Waals surface area contributed by atoms with Crippen molar-refractivity contribution in [1.29, 1.82) is 0 Å². The van der Waals surface area contributed by atoms with Crippen LogP contribution in [0.25, 0.3) is 0 Å². The highest BCUT2D eigenvalue weighted by molar-refractivity contribution is 6.32. The van der Waals surface area contributed by atoms with E-state index in [2.05, 4.69) is 21.8 Å². The Labute approximate surface area is 148 Å². The van der Waals surface area contributed by atoms with Gasteiger partial charge in [-0.2, -0.15) is 0 Å². The van der Waals surface area contributed by atoms with Gasteiger partial charge in [-0.05, 0) is 19.4 Å². The van der Waals surface area contributed by atoms with Crippen molar-refractivity contribution in [2.45, 2.75) is 19.4 Å². The van der Waals surface area contributed by atoms with Gasteiger partial charge < -0.3 is 5.32 Å². The molecule has 120 valence electrons. The second-order valence-corrected chi connectivity index (χ2v) is 5.72. The van der Waals surface area contributed by atoms with Gasteiger partial charge in [0, 0.05) is 37.8 Å². The van der Waals surface area contributed by atoms with E-state index < -0.39 is 0 Å². The van der Waals surface area contributed by atoms with E-state index in [-0.39, 0.29) is 30.9 Å². The molecule has 1 N–H and O–H groups in total. The largest absolute Gasteiger partial charge is 0.314 e. The minimum Gasteiger partial charge on any atom is -0.314 e. The van der Waals surface area contributed by atoms with E-state index >= 15 is 0 Å². The summed E-state index contributed by atoms with van der Waals surface area (Å²) in [7, 11) is 0. The molecular formula is C14H21Cl4N3. The van der Waals surface area contributed by atoms with Crippen molar-refractivity contribution >= 4 is 48.0 Å². The van der Waals surface area contributed by atoms with Gasteiger partial charge in [-0.15, -0.1) is 31.4 Å². The highest BCUT2D eigenvalue weighted by atomic mass is 35.5. The van der Waals surface area contributed by atoms with Crippen LogP contribution in [-0.4, -0.2) is 36.1 Å². The Morgan fingerprint density at radius 1 is 1.33 bits per heavy atom. The topological polar surface area (TPSA) is 28.2 Å². The molecule has 3 nitrogen and oxygen atoms in total. The lowest BCUT2D eigenvalue weighted by molar-refractivity contribution is 0.172. The van der Waals surface area contributed by atoms with Crippen LogP contribution in [0.2, 0.25) is 10.3 Å². The van der Waals surface area contributed by atoms with Gasteiger partial charge in [0.15, 0.2) is 0 Å². The molecule has 1 atom stereocenters. The summed E-state index contributed by atoms with van der Waals surface area (Å²) in [6.45, 7) is 10.1. The maximum atomic E-state index is 6.26. The minimum absolute atomic E-state index is 0. The van der Waals surface area contributed by atoms with Gasteiger partial charge >= 0.3 is 0 Å². The van der Waals surface area contributed by atoms with Crippen LogP contribution >= 0.6 is 48.0 Å². The third-order valence-electron chi connectivity index (χ3n) is 3.34. The number of hydrogen-bond donors (Lipinski definition) is 1. The normalized spacial score (nSPS) is 16.5. The summed E-state index contributed by atoms with van der Waals surface area (Å²) in [5.41, 5.74) is 2.19. The first kappa shape index (κ1) is 21.0. The van der Waals surface area contributed by atoms with E-state index in [9.17, 15) is 0 Å². The molecule has 2 heterocycles. The molecule has 7 heteroatoms. The fraction of sp³-hybridized carbons (Fsp3) is 0.500. The first-order chi connectivity index (χ1) is 9.08. The number of nitrogens with zero attached hydrogens (tertiary/aromatic N) is 2. The summed E-state index contributed by atoms with van der Waals surface area (Å²) in [6, 6.07) is 4.01. The van der Waals surface area contributed by atoms with E-state index in [0.717, 1.165) is 43.7 Å². The molecule has 2 rings (SSSR count). The summed E-state index contributed by atoms with van der Waals surface area (Å²) >= 11 is 12.1. The van der Waals surface area contributed by atoms with Crippen LogP contribution in [0.4, 0.5) is 0 Å². The Morgan fingerprint density at radius 2 is 1.95 bits per heavy atom. The Bertz CT molecular complexity index is 462. The van der Waals surface area contributed by atoms with Crippen molar-refractivity contribution in [3.8, 4) is 0 Å². The van der Waals surface area contributed by atoms with Crippen LogP contribution in [-0.2, 0) is 0 Å². The van der Waals surface area contributed by atoms with E-state index in [1.54, 1.807) is 6.07 Å².